The fourth-order valence-corrected chi connectivity index (χ4v) is 0. The van der Waals surface area contributed by atoms with Gasteiger partial charge in [-0.2, -0.15) is 0 Å². The normalized spacial score (nSPS) is 4.94. The van der Waals surface area contributed by atoms with Crippen molar-refractivity contribution in [2.75, 3.05) is 0 Å². The maximum absolute atomic E-state index is 8.33. The molecule has 0 aromatic heterocycles. The first kappa shape index (κ1) is 85.3. The fourth-order valence-electron chi connectivity index (χ4n) is 0. The number of carbonyl (C=O) groups excluding carboxylic acids is 7. The molecule has 0 spiro atoms. The van der Waals surface area contributed by atoms with E-state index in [4.69, 9.17) is 105 Å². The van der Waals surface area contributed by atoms with Gasteiger partial charge in [0.1, 0.15) is 0 Å². The minimum atomic E-state index is -2.33. The van der Waals surface area contributed by atoms with E-state index in [-0.39, 0.29) is 104 Å². The minimum absolute atomic E-state index is 0. The first-order valence-electron chi connectivity index (χ1n) is 4.29. The summed E-state index contributed by atoms with van der Waals surface area (Å²) < 4.78 is 0. The maximum atomic E-state index is 8.33. The van der Waals surface area contributed by atoms with E-state index in [0.29, 0.717) is 0 Å². The Morgan fingerprint density at radius 3 is 0.265 bits per heavy atom. The second kappa shape index (κ2) is 77.4. The van der Waals surface area contributed by atoms with Crippen LogP contribution in [0.4, 0.5) is 33.6 Å². The second-order valence-electron chi connectivity index (χ2n) is 1.75. The van der Waals surface area contributed by atoms with E-state index in [1.807, 2.05) is 0 Å². The van der Waals surface area contributed by atoms with Gasteiger partial charge in [-0.05, 0) is 43.1 Å². The topological polar surface area (TPSA) is 515 Å². The van der Waals surface area contributed by atoms with Crippen LogP contribution in [0.1, 0.15) is 0 Å². The second-order valence-corrected chi connectivity index (χ2v) is 1.75. The molecule has 0 aliphatic carbocycles. The van der Waals surface area contributed by atoms with Crippen molar-refractivity contribution >= 4 is 43.1 Å². The summed E-state index contributed by atoms with van der Waals surface area (Å²) in [6.07, 6.45) is -16.3. The molecule has 0 unspecified atom stereocenters. The van der Waals surface area contributed by atoms with Crippen molar-refractivity contribution in [2.45, 2.75) is 0 Å². The third kappa shape index (κ3) is 5230. The Labute approximate surface area is 250 Å². The molecule has 0 heterocycles. The summed E-state index contributed by atoms with van der Waals surface area (Å²) >= 11 is 0. The summed E-state index contributed by atoms with van der Waals surface area (Å²) in [6.45, 7) is 0. The third-order valence-electron chi connectivity index (χ3n) is 0. The van der Waals surface area contributed by atoms with Crippen molar-refractivity contribution in [3.05, 3.63) is 0 Å². The van der Waals surface area contributed by atoms with Crippen molar-refractivity contribution < 1.29 is 196 Å². The molecule has 8 N–H and O–H groups in total. The predicted molar refractivity (Wildman–Crippen MR) is 49.7 cm³/mol. The van der Waals surface area contributed by atoms with E-state index in [0.717, 1.165) is 0 Å². The van der Waals surface area contributed by atoms with Gasteiger partial charge < -0.3 is 117 Å². The molecule has 23 nitrogen and oxygen atoms in total. The molecule has 0 aliphatic heterocycles. The quantitative estimate of drug-likeness (QED) is 0.216. The van der Waals surface area contributed by atoms with Gasteiger partial charge in [0.15, 0.2) is 0 Å². The molecule has 0 aliphatic rings. The SMILES string of the molecule is O=C([O-])[O-].O=C([O-])[O-].O=C([O-])[O-].O=C([O-])[O-].O=C([O-])[O-].O=C([O-])[O-].O=C([O-])[O-].[NH4+].[NH4+].[Zn+2].[Zn+2].[Zr+4].[Zr+4]. The van der Waals surface area contributed by atoms with E-state index in [1.165, 1.54) is 0 Å². The molecule has 0 atom stereocenters. The molecule has 0 radical (unpaired) electrons. The van der Waals surface area contributed by atoms with Crippen molar-refractivity contribution in [1.29, 1.82) is 0 Å². The fraction of sp³-hybridized carbons (Fsp3) is 0. The Hall–Kier alpha value is -2.18. The van der Waals surface area contributed by atoms with E-state index in [1.54, 1.807) is 0 Å². The Bertz CT molecular complexity index is 334. The Morgan fingerprint density at radius 1 is 0.265 bits per heavy atom. The van der Waals surface area contributed by atoms with Gasteiger partial charge >= 0.3 is 91.4 Å². The predicted octanol–water partition coefficient (Wildman–Crippen LogP) is -16.4. The van der Waals surface area contributed by atoms with Crippen molar-refractivity contribution in [3.63, 3.8) is 0 Å². The van der Waals surface area contributed by atoms with Crippen LogP contribution in [0.5, 0.6) is 0 Å². The Balaban J connectivity index is -0.0000000134. The van der Waals surface area contributed by atoms with Crippen LogP contribution in [-0.4, -0.2) is 43.1 Å². The van der Waals surface area contributed by atoms with E-state index in [2.05, 4.69) is 0 Å². The molecule has 0 fully saturated rings. The summed E-state index contributed by atoms with van der Waals surface area (Å²) in [5.74, 6) is 0. The molecule has 0 saturated heterocycles. The zero-order valence-electron chi connectivity index (χ0n) is 16.5. The first-order chi connectivity index (χ1) is 12.1. The van der Waals surface area contributed by atoms with Crippen LogP contribution in [0.2, 0.25) is 0 Å². The van der Waals surface area contributed by atoms with Crippen molar-refractivity contribution in [2.24, 2.45) is 0 Å². The smallest absolute Gasteiger partial charge is 0.652 e. The number of hydrogen-bond acceptors (Lipinski definition) is 21. The van der Waals surface area contributed by atoms with Crippen molar-refractivity contribution in [3.8, 4) is 0 Å². The van der Waals surface area contributed by atoms with Gasteiger partial charge in [0.25, 0.3) is 0 Å². The Morgan fingerprint density at radius 2 is 0.265 bits per heavy atom. The van der Waals surface area contributed by atoms with Gasteiger partial charge in [0.2, 0.25) is 0 Å². The summed E-state index contributed by atoms with van der Waals surface area (Å²) in [5.41, 5.74) is 0. The third-order valence-corrected chi connectivity index (χ3v) is 0. The van der Waals surface area contributed by atoms with E-state index in [9.17, 15) is 0 Å². The molecule has 0 saturated carbocycles. The first-order valence-corrected chi connectivity index (χ1v) is 4.29. The number of carbonyl (C=O) groups is 7. The molecule has 0 rings (SSSR count). The van der Waals surface area contributed by atoms with Crippen LogP contribution in [0.25, 0.3) is 0 Å². The van der Waals surface area contributed by atoms with Crippen LogP contribution in [-0.2, 0) is 91.4 Å². The summed E-state index contributed by atoms with van der Waals surface area (Å²) in [5, 5.41) is 117. The van der Waals surface area contributed by atoms with Gasteiger partial charge in [0.05, 0.1) is 0 Å². The van der Waals surface area contributed by atoms with Gasteiger partial charge in [-0.1, -0.05) is 0 Å². The molecule has 0 amide bonds. The molecule has 0 bridgehead atoms. The molecule has 0 aromatic rings. The average molecular weight is 769 g/mol. The maximum Gasteiger partial charge on any atom is 4.00 e. The van der Waals surface area contributed by atoms with Crippen LogP contribution in [0, 0.1) is 0 Å². The van der Waals surface area contributed by atoms with E-state index >= 15 is 0 Å². The largest absolute Gasteiger partial charge is 4.00 e. The zero-order valence-corrected chi connectivity index (χ0v) is 27.3. The van der Waals surface area contributed by atoms with Crippen LogP contribution >= 0.6 is 0 Å². The van der Waals surface area contributed by atoms with Gasteiger partial charge in [0, 0.05) is 0 Å². The molecular formula is C7H8N2O21Zn2Zr2. The molecule has 34 heavy (non-hydrogen) atoms. The molecule has 0 aromatic carbocycles. The summed E-state index contributed by atoms with van der Waals surface area (Å²) in [6, 6.07) is 0. The van der Waals surface area contributed by atoms with Gasteiger partial charge in [-0.3, -0.25) is 0 Å². The van der Waals surface area contributed by atoms with Gasteiger partial charge in [-0.15, -0.1) is 0 Å². The number of quaternary nitrogens is 2. The van der Waals surface area contributed by atoms with Crippen LogP contribution < -0.4 is 83.8 Å². The summed E-state index contributed by atoms with van der Waals surface area (Å²) in [4.78, 5) is 58.3. The Kier molecular flexibility index (Phi) is 194. The molecule has 184 valence electrons. The van der Waals surface area contributed by atoms with Crippen LogP contribution in [0.3, 0.4) is 0 Å². The number of rotatable bonds is 0. The number of hydrogen-bond donors (Lipinski definition) is 2. The summed E-state index contributed by atoms with van der Waals surface area (Å²) in [7, 11) is 0. The van der Waals surface area contributed by atoms with Crippen molar-refractivity contribution in [1.82, 2.24) is 12.3 Å². The van der Waals surface area contributed by atoms with Crippen LogP contribution in [0.15, 0.2) is 0 Å². The standard InChI is InChI=1S/7CH2O3.2H3N.2Zn.2Zr/c7*2-1(3)4;;;;;;/h7*(H2,2,3,4);2*1H3;;;;/q;;;;;;;;;2*+2;2*+4/p-12. The minimum Gasteiger partial charge on any atom is -0.652 e. The number of carboxylic acid groups (broad SMARTS) is 14. The monoisotopic (exact) mass is 764 g/mol. The average Bonchev–Trinajstić information content (AvgIpc) is 2.20. The molecule has 27 heteroatoms. The van der Waals surface area contributed by atoms with E-state index < -0.39 is 43.1 Å². The molecular weight excluding hydrogens is 761 g/mol. The van der Waals surface area contributed by atoms with Gasteiger partial charge in [-0.25, -0.2) is 0 Å². The zero-order chi connectivity index (χ0) is 25.0.